The lowest BCUT2D eigenvalue weighted by atomic mass is 10.0. The van der Waals surface area contributed by atoms with Crippen molar-refractivity contribution >= 4 is 21.6 Å². The Hall–Kier alpha value is -2.41. The van der Waals surface area contributed by atoms with Gasteiger partial charge < -0.3 is 5.32 Å². The summed E-state index contributed by atoms with van der Waals surface area (Å²) < 4.78 is 38.4. The fourth-order valence-corrected chi connectivity index (χ4v) is 3.88. The van der Waals surface area contributed by atoms with Gasteiger partial charge in [0.25, 0.3) is 0 Å². The Bertz CT molecular complexity index is 881. The summed E-state index contributed by atoms with van der Waals surface area (Å²) in [6, 6.07) is 13.2. The average Bonchev–Trinajstić information content (AvgIpc) is 2.65. The molecule has 0 fully saturated rings. The fraction of sp³-hybridized carbons (Fsp3) is 0.381. The highest BCUT2D eigenvalue weighted by Gasteiger charge is 2.18. The van der Waals surface area contributed by atoms with E-state index in [1.807, 2.05) is 31.2 Å². The largest absolute Gasteiger partial charge is 0.350 e. The van der Waals surface area contributed by atoms with Gasteiger partial charge in [0.05, 0.1) is 18.0 Å². The molecule has 1 atom stereocenters. The predicted octanol–water partition coefficient (Wildman–Crippen LogP) is 3.81. The molecule has 0 spiro atoms. The summed E-state index contributed by atoms with van der Waals surface area (Å²) >= 11 is 0. The number of hydrogen-bond acceptors (Lipinski definition) is 3. The zero-order valence-corrected chi connectivity index (χ0v) is 17.3. The summed E-state index contributed by atoms with van der Waals surface area (Å²) in [4.78, 5) is 12.2. The Labute approximate surface area is 166 Å². The third-order valence-electron chi connectivity index (χ3n) is 4.55. The van der Waals surface area contributed by atoms with E-state index in [0.717, 1.165) is 18.2 Å². The predicted molar refractivity (Wildman–Crippen MR) is 110 cm³/mol. The molecule has 0 aliphatic rings. The van der Waals surface area contributed by atoms with Crippen molar-refractivity contribution in [2.24, 2.45) is 0 Å². The van der Waals surface area contributed by atoms with E-state index in [1.54, 1.807) is 0 Å². The molecule has 2 aromatic rings. The molecule has 1 N–H and O–H groups in total. The number of carbonyl (C=O) groups is 1. The van der Waals surface area contributed by atoms with E-state index in [0.29, 0.717) is 12.1 Å². The van der Waals surface area contributed by atoms with Crippen LogP contribution in [0.4, 0.5) is 10.1 Å². The van der Waals surface area contributed by atoms with Crippen molar-refractivity contribution in [2.45, 2.75) is 39.2 Å². The van der Waals surface area contributed by atoms with Crippen LogP contribution in [-0.4, -0.2) is 27.1 Å². The minimum atomic E-state index is -3.52. The zero-order chi connectivity index (χ0) is 20.7. The Morgan fingerprint density at radius 3 is 2.25 bits per heavy atom. The highest BCUT2D eigenvalue weighted by molar-refractivity contribution is 7.92. The maximum Gasteiger partial charge on any atom is 0.232 e. The third-order valence-corrected chi connectivity index (χ3v) is 5.74. The monoisotopic (exact) mass is 406 g/mol. The minimum Gasteiger partial charge on any atom is -0.350 e. The molecule has 28 heavy (non-hydrogen) atoms. The van der Waals surface area contributed by atoms with Gasteiger partial charge in [0.2, 0.25) is 15.9 Å². The van der Waals surface area contributed by atoms with Crippen LogP contribution in [-0.2, 0) is 21.2 Å². The summed E-state index contributed by atoms with van der Waals surface area (Å²) in [7, 11) is -3.52. The molecule has 7 heteroatoms. The number of anilines is 1. The van der Waals surface area contributed by atoms with Gasteiger partial charge in [0, 0.05) is 13.0 Å². The summed E-state index contributed by atoms with van der Waals surface area (Å²) in [5, 5.41) is 2.94. The van der Waals surface area contributed by atoms with Crippen molar-refractivity contribution in [1.29, 1.82) is 0 Å². The van der Waals surface area contributed by atoms with E-state index in [1.165, 1.54) is 34.1 Å². The van der Waals surface area contributed by atoms with Gasteiger partial charge in [-0.1, -0.05) is 31.2 Å². The molecule has 0 aromatic heterocycles. The molecule has 0 aliphatic heterocycles. The molecule has 0 heterocycles. The number of carbonyl (C=O) groups excluding carboxylic acids is 1. The van der Waals surface area contributed by atoms with Gasteiger partial charge in [-0.15, -0.1) is 0 Å². The van der Waals surface area contributed by atoms with E-state index in [-0.39, 0.29) is 24.9 Å². The van der Waals surface area contributed by atoms with Gasteiger partial charge in [-0.25, -0.2) is 12.8 Å². The Morgan fingerprint density at radius 1 is 1.11 bits per heavy atom. The highest BCUT2D eigenvalue weighted by atomic mass is 32.2. The van der Waals surface area contributed by atoms with Crippen molar-refractivity contribution in [3.05, 3.63) is 65.5 Å². The van der Waals surface area contributed by atoms with Gasteiger partial charge in [-0.05, 0) is 55.2 Å². The van der Waals surface area contributed by atoms with Gasteiger partial charge in [0.1, 0.15) is 5.82 Å². The SMILES string of the molecule is CCc1ccc([C@@H](C)NC(=O)CCCN(c2ccc(F)cc2)S(C)(=O)=O)cc1. The van der Waals surface area contributed by atoms with Crippen LogP contribution < -0.4 is 9.62 Å². The van der Waals surface area contributed by atoms with Crippen LogP contribution in [0.2, 0.25) is 0 Å². The number of benzene rings is 2. The normalized spacial score (nSPS) is 12.4. The number of nitrogens with zero attached hydrogens (tertiary/aromatic N) is 1. The van der Waals surface area contributed by atoms with E-state index < -0.39 is 15.8 Å². The first-order valence-corrected chi connectivity index (χ1v) is 11.2. The minimum absolute atomic E-state index is 0.124. The molecule has 0 saturated carbocycles. The molecule has 1 amide bonds. The molecule has 0 bridgehead atoms. The summed E-state index contributed by atoms with van der Waals surface area (Å²) in [5.74, 6) is -0.572. The van der Waals surface area contributed by atoms with Gasteiger partial charge in [-0.3, -0.25) is 9.10 Å². The van der Waals surface area contributed by atoms with Crippen LogP contribution in [0.1, 0.15) is 43.9 Å². The Morgan fingerprint density at radius 2 is 1.71 bits per heavy atom. The van der Waals surface area contributed by atoms with E-state index in [9.17, 15) is 17.6 Å². The average molecular weight is 407 g/mol. The van der Waals surface area contributed by atoms with Crippen molar-refractivity contribution < 1.29 is 17.6 Å². The summed E-state index contributed by atoms with van der Waals surface area (Å²) in [6.07, 6.45) is 2.62. The van der Waals surface area contributed by atoms with E-state index in [4.69, 9.17) is 0 Å². The first kappa shape index (κ1) is 21.9. The Balaban J connectivity index is 1.90. The van der Waals surface area contributed by atoms with Crippen molar-refractivity contribution in [2.75, 3.05) is 17.1 Å². The molecule has 0 unspecified atom stereocenters. The molecule has 0 radical (unpaired) electrons. The Kier molecular flexibility index (Phi) is 7.57. The van der Waals surface area contributed by atoms with Gasteiger partial charge >= 0.3 is 0 Å². The van der Waals surface area contributed by atoms with Crippen LogP contribution in [0.3, 0.4) is 0 Å². The first-order chi connectivity index (χ1) is 13.2. The molecule has 5 nitrogen and oxygen atoms in total. The van der Waals surface area contributed by atoms with Crippen LogP contribution in [0, 0.1) is 5.82 Å². The van der Waals surface area contributed by atoms with Crippen molar-refractivity contribution in [1.82, 2.24) is 5.32 Å². The third kappa shape index (κ3) is 6.34. The van der Waals surface area contributed by atoms with Crippen LogP contribution >= 0.6 is 0 Å². The number of aryl methyl sites for hydroxylation is 1. The molecular weight excluding hydrogens is 379 g/mol. The number of rotatable bonds is 9. The zero-order valence-electron chi connectivity index (χ0n) is 16.5. The standard InChI is InChI=1S/C21H27FN2O3S/c1-4-17-7-9-18(10-8-17)16(2)23-21(25)6-5-15-24(28(3,26)27)20-13-11-19(22)12-14-20/h7-14,16H,4-6,15H2,1-3H3,(H,23,25)/t16-/m1/s1. The number of amides is 1. The lowest BCUT2D eigenvalue weighted by molar-refractivity contribution is -0.121. The maximum absolute atomic E-state index is 13.1. The quantitative estimate of drug-likeness (QED) is 0.689. The second kappa shape index (κ2) is 9.68. The molecule has 2 rings (SSSR count). The number of hydrogen-bond donors (Lipinski definition) is 1. The van der Waals surface area contributed by atoms with E-state index in [2.05, 4.69) is 12.2 Å². The number of halogens is 1. The smallest absolute Gasteiger partial charge is 0.232 e. The second-order valence-electron chi connectivity index (χ2n) is 6.80. The van der Waals surface area contributed by atoms with Crippen LogP contribution in [0.15, 0.2) is 48.5 Å². The lowest BCUT2D eigenvalue weighted by Crippen LogP contribution is -2.32. The van der Waals surface area contributed by atoms with E-state index >= 15 is 0 Å². The van der Waals surface area contributed by atoms with Crippen molar-refractivity contribution in [3.63, 3.8) is 0 Å². The molecule has 2 aromatic carbocycles. The molecular formula is C21H27FN2O3S. The second-order valence-corrected chi connectivity index (χ2v) is 8.71. The lowest BCUT2D eigenvalue weighted by Gasteiger charge is -2.22. The molecule has 0 aliphatic carbocycles. The first-order valence-electron chi connectivity index (χ1n) is 9.32. The van der Waals surface area contributed by atoms with Crippen molar-refractivity contribution in [3.8, 4) is 0 Å². The fourth-order valence-electron chi connectivity index (χ4n) is 2.92. The number of nitrogens with one attached hydrogen (secondary N) is 1. The summed E-state index contributed by atoms with van der Waals surface area (Å²) in [5.41, 5.74) is 2.65. The maximum atomic E-state index is 13.1. The van der Waals surface area contributed by atoms with Gasteiger partial charge in [0.15, 0.2) is 0 Å². The number of sulfonamides is 1. The van der Waals surface area contributed by atoms with Crippen LogP contribution in [0.25, 0.3) is 0 Å². The summed E-state index contributed by atoms with van der Waals surface area (Å²) in [6.45, 7) is 4.16. The van der Waals surface area contributed by atoms with Gasteiger partial charge in [-0.2, -0.15) is 0 Å². The molecule has 0 saturated heterocycles. The molecule has 152 valence electrons. The topological polar surface area (TPSA) is 66.5 Å². The highest BCUT2D eigenvalue weighted by Crippen LogP contribution is 2.19. The van der Waals surface area contributed by atoms with Crippen LogP contribution in [0.5, 0.6) is 0 Å².